The van der Waals surface area contributed by atoms with Gasteiger partial charge in [0.2, 0.25) is 0 Å². The summed E-state index contributed by atoms with van der Waals surface area (Å²) in [5, 5.41) is 0.926. The lowest BCUT2D eigenvalue weighted by Gasteiger charge is -2.14. The molecule has 2 aromatic carbocycles. The molecule has 0 radical (unpaired) electrons. The topological polar surface area (TPSA) is 125 Å². The van der Waals surface area contributed by atoms with E-state index in [4.69, 9.17) is 5.73 Å². The Labute approximate surface area is 214 Å². The molecule has 0 aliphatic rings. The number of anilines is 1. The van der Waals surface area contributed by atoms with Crippen molar-refractivity contribution in [2.75, 3.05) is 19.1 Å². The largest absolute Gasteiger partial charge is 0.465 e. The molecule has 0 fully saturated rings. The van der Waals surface area contributed by atoms with Crippen LogP contribution in [-0.4, -0.2) is 48.0 Å². The lowest BCUT2D eigenvalue weighted by molar-refractivity contribution is 0.0601. The highest BCUT2D eigenvalue weighted by Crippen LogP contribution is 2.31. The van der Waals surface area contributed by atoms with Crippen LogP contribution in [-0.2, 0) is 26.7 Å². The van der Waals surface area contributed by atoms with Crippen LogP contribution >= 0.6 is 11.8 Å². The number of aromatic nitrogens is 3. The Morgan fingerprint density at radius 3 is 2.64 bits per heavy atom. The molecule has 4 aromatic rings. The van der Waals surface area contributed by atoms with Gasteiger partial charge in [-0.15, -0.1) is 0 Å². The minimum Gasteiger partial charge on any atom is -0.465 e. The minimum absolute atomic E-state index is 0.0748. The zero-order valence-electron chi connectivity index (χ0n) is 20.1. The summed E-state index contributed by atoms with van der Waals surface area (Å²) in [6.07, 6.45) is 4.81. The zero-order valence-corrected chi connectivity index (χ0v) is 21.8. The summed E-state index contributed by atoms with van der Waals surface area (Å²) in [7, 11) is -1.87. The summed E-state index contributed by atoms with van der Waals surface area (Å²) in [5.74, 6) is 0.0811. The number of hydrogen-bond donors (Lipinski definition) is 1. The van der Waals surface area contributed by atoms with Crippen molar-refractivity contribution in [3.8, 4) is 11.1 Å². The van der Waals surface area contributed by atoms with Crippen molar-refractivity contribution < 1.29 is 17.9 Å². The molecule has 1 atom stereocenters. The fraction of sp³-hybridized carbons (Fsp3) is 0.231. The number of pyridine rings is 1. The number of sulfone groups is 1. The van der Waals surface area contributed by atoms with Crippen LogP contribution in [0.2, 0.25) is 0 Å². The molecule has 0 aliphatic heterocycles. The van der Waals surface area contributed by atoms with E-state index in [-0.39, 0.29) is 11.4 Å². The number of benzene rings is 2. The third kappa shape index (κ3) is 5.83. The quantitative estimate of drug-likeness (QED) is 0.204. The molecule has 10 heteroatoms. The fourth-order valence-electron chi connectivity index (χ4n) is 3.77. The number of ether oxygens (including phenoxy) is 1. The average Bonchev–Trinajstić information content (AvgIpc) is 2.86. The molecular formula is C26H26N4O4S2. The molecule has 2 N–H and O–H groups in total. The molecule has 0 spiro atoms. The van der Waals surface area contributed by atoms with Gasteiger partial charge in [0, 0.05) is 35.4 Å². The normalized spacial score (nSPS) is 12.4. The summed E-state index contributed by atoms with van der Waals surface area (Å²) in [5.41, 5.74) is 10.8. The molecule has 8 nitrogen and oxygen atoms in total. The smallest absolute Gasteiger partial charge is 0.343 e. The summed E-state index contributed by atoms with van der Waals surface area (Å²) in [6.45, 7) is 1.73. The van der Waals surface area contributed by atoms with E-state index >= 15 is 0 Å². The molecule has 186 valence electrons. The van der Waals surface area contributed by atoms with E-state index in [0.29, 0.717) is 17.3 Å². The predicted molar refractivity (Wildman–Crippen MR) is 143 cm³/mol. The number of carbonyl (C=O) groups excluding carboxylic acids is 1. The monoisotopic (exact) mass is 522 g/mol. The molecular weight excluding hydrogens is 496 g/mol. The van der Waals surface area contributed by atoms with E-state index in [1.54, 1.807) is 13.1 Å². The molecule has 36 heavy (non-hydrogen) atoms. The first kappa shape index (κ1) is 25.6. The summed E-state index contributed by atoms with van der Waals surface area (Å²) in [6, 6.07) is 16.0. The Hall–Kier alpha value is -3.50. The van der Waals surface area contributed by atoms with Crippen LogP contribution in [0.1, 0.15) is 28.4 Å². The Balaban J connectivity index is 1.62. The fourth-order valence-corrected chi connectivity index (χ4v) is 5.03. The van der Waals surface area contributed by atoms with Crippen LogP contribution in [0, 0.1) is 0 Å². The van der Waals surface area contributed by atoms with Crippen molar-refractivity contribution in [3.05, 3.63) is 77.6 Å². The van der Waals surface area contributed by atoms with Gasteiger partial charge in [-0.05, 0) is 48.2 Å². The van der Waals surface area contributed by atoms with Crippen LogP contribution in [0.5, 0.6) is 0 Å². The zero-order chi connectivity index (χ0) is 25.9. The first-order chi connectivity index (χ1) is 17.2. The second-order valence-electron chi connectivity index (χ2n) is 8.49. The van der Waals surface area contributed by atoms with Crippen molar-refractivity contribution >= 4 is 44.3 Å². The number of carbonyl (C=O) groups is 1. The second-order valence-corrected chi connectivity index (χ2v) is 11.9. The highest BCUT2D eigenvalue weighted by atomic mass is 32.2. The number of rotatable bonds is 8. The summed E-state index contributed by atoms with van der Waals surface area (Å²) >= 11 is 1.40. The van der Waals surface area contributed by atoms with Gasteiger partial charge in [-0.3, -0.25) is 4.98 Å². The number of hydrogen-bond acceptors (Lipinski definition) is 9. The van der Waals surface area contributed by atoms with Gasteiger partial charge in [0.15, 0.2) is 5.16 Å². The van der Waals surface area contributed by atoms with E-state index in [9.17, 15) is 13.2 Å². The third-order valence-corrected chi connectivity index (χ3v) is 8.39. The van der Waals surface area contributed by atoms with Gasteiger partial charge >= 0.3 is 5.97 Å². The number of esters is 1. The van der Waals surface area contributed by atoms with Crippen LogP contribution in [0.4, 0.5) is 5.82 Å². The van der Waals surface area contributed by atoms with Gasteiger partial charge in [0.1, 0.15) is 21.2 Å². The predicted octanol–water partition coefficient (Wildman–Crippen LogP) is 4.33. The van der Waals surface area contributed by atoms with Gasteiger partial charge in [-0.25, -0.2) is 23.2 Å². The number of nitrogens with zero attached hydrogens (tertiary/aromatic N) is 3. The SMILES string of the molecule is COC(=O)c1cnc(SCc2cccc(-c3cc(CC(C)S(C)(=O)=O)cc4cccnc34)c2)nc1N. The molecule has 0 saturated carbocycles. The Morgan fingerprint density at radius 2 is 1.92 bits per heavy atom. The number of thioether (sulfide) groups is 1. The number of nitrogens with two attached hydrogens (primary N) is 1. The van der Waals surface area contributed by atoms with Gasteiger partial charge in [0.05, 0.1) is 17.9 Å². The second kappa shape index (κ2) is 10.6. The van der Waals surface area contributed by atoms with Gasteiger partial charge < -0.3 is 10.5 Å². The Kier molecular flexibility index (Phi) is 7.56. The standard InChI is InChI=1S/C26H26N4O4S2/c1-16(36(3,32)33)10-18-12-20-8-5-9-28-23(20)21(13-18)19-7-4-6-17(11-19)15-35-26-29-14-22(24(27)30-26)25(31)34-2/h4-9,11-14,16H,10,15H2,1-3H3,(H2,27,29,30). The maximum Gasteiger partial charge on any atom is 0.343 e. The lowest BCUT2D eigenvalue weighted by atomic mass is 9.96. The lowest BCUT2D eigenvalue weighted by Crippen LogP contribution is -2.18. The first-order valence-electron chi connectivity index (χ1n) is 11.1. The number of fused-ring (bicyclic) bond motifs is 1. The van der Waals surface area contributed by atoms with Gasteiger partial charge in [-0.1, -0.05) is 42.1 Å². The van der Waals surface area contributed by atoms with E-state index in [0.717, 1.165) is 33.2 Å². The first-order valence-corrected chi connectivity index (χ1v) is 14.1. The van der Waals surface area contributed by atoms with Crippen LogP contribution < -0.4 is 5.73 Å². The van der Waals surface area contributed by atoms with Crippen molar-refractivity contribution in [1.29, 1.82) is 0 Å². The van der Waals surface area contributed by atoms with Crippen LogP contribution in [0.3, 0.4) is 0 Å². The van der Waals surface area contributed by atoms with E-state index in [1.165, 1.54) is 31.3 Å². The highest BCUT2D eigenvalue weighted by Gasteiger charge is 2.17. The molecule has 0 aliphatic carbocycles. The van der Waals surface area contributed by atoms with Gasteiger partial charge in [0.25, 0.3) is 0 Å². The molecule has 4 rings (SSSR count). The maximum atomic E-state index is 12.0. The third-order valence-electron chi connectivity index (χ3n) is 5.83. The number of nitrogen functional groups attached to an aromatic ring is 1. The van der Waals surface area contributed by atoms with Crippen molar-refractivity contribution in [1.82, 2.24) is 15.0 Å². The maximum absolute atomic E-state index is 12.0. The van der Waals surface area contributed by atoms with E-state index < -0.39 is 21.1 Å². The molecule has 2 heterocycles. The molecule has 1 unspecified atom stereocenters. The molecule has 0 bridgehead atoms. The van der Waals surface area contributed by atoms with Crippen LogP contribution in [0.15, 0.2) is 66.1 Å². The highest BCUT2D eigenvalue weighted by molar-refractivity contribution is 7.98. The molecule has 0 saturated heterocycles. The summed E-state index contributed by atoms with van der Waals surface area (Å²) in [4.78, 5) is 24.7. The average molecular weight is 523 g/mol. The minimum atomic E-state index is -3.15. The number of methoxy groups -OCH3 is 1. The Morgan fingerprint density at radius 1 is 1.11 bits per heavy atom. The Bertz CT molecular complexity index is 1540. The summed E-state index contributed by atoms with van der Waals surface area (Å²) < 4.78 is 28.7. The molecule has 2 aromatic heterocycles. The van der Waals surface area contributed by atoms with Crippen molar-refractivity contribution in [3.63, 3.8) is 0 Å². The van der Waals surface area contributed by atoms with Crippen molar-refractivity contribution in [2.45, 2.75) is 29.5 Å². The van der Waals surface area contributed by atoms with Gasteiger partial charge in [-0.2, -0.15) is 0 Å². The van der Waals surface area contributed by atoms with E-state index in [1.807, 2.05) is 42.5 Å². The van der Waals surface area contributed by atoms with E-state index in [2.05, 4.69) is 25.8 Å². The molecule has 0 amide bonds. The van der Waals surface area contributed by atoms with Crippen LogP contribution in [0.25, 0.3) is 22.0 Å². The van der Waals surface area contributed by atoms with Crippen molar-refractivity contribution in [2.24, 2.45) is 0 Å².